The number of likely N-dealkylation sites (tertiary alicyclic amines) is 1. The Hall–Kier alpha value is -1.67. The first-order chi connectivity index (χ1) is 14.0. The van der Waals surface area contributed by atoms with Crippen molar-refractivity contribution in [1.82, 2.24) is 15.5 Å². The molecule has 0 saturated carbocycles. The number of nitrogens with zero attached hydrogens (tertiary/aromatic N) is 1. The second-order valence-corrected chi connectivity index (χ2v) is 8.45. The van der Waals surface area contributed by atoms with Crippen molar-refractivity contribution in [1.29, 1.82) is 0 Å². The maximum Gasteiger partial charge on any atom is 0.245 e. The van der Waals surface area contributed by atoms with E-state index in [9.17, 15) is 19.5 Å². The predicted octanol–water partition coefficient (Wildman–Crippen LogP) is 0.576. The highest BCUT2D eigenvalue weighted by atomic mass is 16.5. The molecule has 0 radical (unpaired) electrons. The number of hydrogen-bond donors (Lipinski definition) is 3. The number of unbranched alkanes of at least 4 members (excludes halogenated alkanes) is 2. The van der Waals surface area contributed by atoms with Gasteiger partial charge in [0.05, 0.1) is 17.9 Å². The Morgan fingerprint density at radius 2 is 1.90 bits per heavy atom. The van der Waals surface area contributed by atoms with E-state index in [2.05, 4.69) is 17.6 Å². The van der Waals surface area contributed by atoms with Gasteiger partial charge in [0.25, 0.3) is 0 Å². The monoisotopic (exact) mass is 409 g/mol. The molecule has 1 spiro atoms. The van der Waals surface area contributed by atoms with Gasteiger partial charge in [-0.1, -0.05) is 26.7 Å². The molecule has 0 aromatic heterocycles. The van der Waals surface area contributed by atoms with E-state index in [4.69, 9.17) is 4.74 Å². The quantitative estimate of drug-likeness (QED) is 0.433. The van der Waals surface area contributed by atoms with E-state index in [1.165, 1.54) is 0 Å². The summed E-state index contributed by atoms with van der Waals surface area (Å²) >= 11 is 0. The molecule has 0 aliphatic carbocycles. The van der Waals surface area contributed by atoms with E-state index in [0.29, 0.717) is 32.4 Å². The standard InChI is InChI=1S/C21H35N3O5/c1-3-5-6-11-23-19(27)17-21-9-8-14(29-21)15(18(26)22-10-4-2)16(21)20(28)24(17)12-7-13-25/h14-17,25H,3-13H2,1-2H3,(H,22,26)(H,23,27)/t14-,15+,16+,17?,21?/m1/s1. The Bertz CT molecular complexity index is 627. The van der Waals surface area contributed by atoms with Crippen LogP contribution in [-0.2, 0) is 19.1 Å². The fourth-order valence-corrected chi connectivity index (χ4v) is 5.28. The van der Waals surface area contributed by atoms with Crippen LogP contribution in [0.1, 0.15) is 58.8 Å². The third-order valence-corrected chi connectivity index (χ3v) is 6.54. The average molecular weight is 410 g/mol. The fraction of sp³-hybridized carbons (Fsp3) is 0.857. The van der Waals surface area contributed by atoms with Gasteiger partial charge in [-0.25, -0.2) is 0 Å². The molecule has 29 heavy (non-hydrogen) atoms. The minimum Gasteiger partial charge on any atom is -0.396 e. The molecule has 3 fully saturated rings. The summed E-state index contributed by atoms with van der Waals surface area (Å²) in [4.78, 5) is 40.9. The Balaban J connectivity index is 1.84. The summed E-state index contributed by atoms with van der Waals surface area (Å²) in [6.45, 7) is 5.44. The molecule has 0 aromatic carbocycles. The van der Waals surface area contributed by atoms with Crippen LogP contribution >= 0.6 is 0 Å². The van der Waals surface area contributed by atoms with Gasteiger partial charge in [0, 0.05) is 26.2 Å². The van der Waals surface area contributed by atoms with E-state index < -0.39 is 23.5 Å². The molecule has 0 aromatic rings. The number of aliphatic hydroxyl groups excluding tert-OH is 1. The lowest BCUT2D eigenvalue weighted by Gasteiger charge is -2.33. The number of aliphatic hydroxyl groups is 1. The van der Waals surface area contributed by atoms with E-state index in [0.717, 1.165) is 25.7 Å². The smallest absolute Gasteiger partial charge is 0.245 e. The number of nitrogens with one attached hydrogen (secondary N) is 2. The highest BCUT2D eigenvalue weighted by molar-refractivity contribution is 5.98. The van der Waals surface area contributed by atoms with Gasteiger partial charge in [0.2, 0.25) is 17.7 Å². The summed E-state index contributed by atoms with van der Waals surface area (Å²) in [5.74, 6) is -1.71. The van der Waals surface area contributed by atoms with E-state index in [-0.39, 0.29) is 37.0 Å². The second kappa shape index (κ2) is 9.43. The van der Waals surface area contributed by atoms with Crippen molar-refractivity contribution in [2.75, 3.05) is 26.2 Å². The van der Waals surface area contributed by atoms with Gasteiger partial charge >= 0.3 is 0 Å². The Labute approximate surface area is 172 Å². The van der Waals surface area contributed by atoms with Gasteiger partial charge in [-0.3, -0.25) is 14.4 Å². The highest BCUT2D eigenvalue weighted by Crippen LogP contribution is 2.58. The van der Waals surface area contributed by atoms with Gasteiger partial charge in [-0.2, -0.15) is 0 Å². The lowest BCUT2D eigenvalue weighted by molar-refractivity contribution is -0.142. The van der Waals surface area contributed by atoms with Gasteiger partial charge in [-0.05, 0) is 32.1 Å². The first kappa shape index (κ1) is 22.0. The highest BCUT2D eigenvalue weighted by Gasteiger charge is 2.74. The van der Waals surface area contributed by atoms with E-state index >= 15 is 0 Å². The number of fused-ring (bicyclic) bond motifs is 1. The molecule has 5 atom stereocenters. The number of amides is 3. The second-order valence-electron chi connectivity index (χ2n) is 8.45. The summed E-state index contributed by atoms with van der Waals surface area (Å²) in [5, 5.41) is 15.2. The minimum absolute atomic E-state index is 0.0593. The number of rotatable bonds is 11. The topological polar surface area (TPSA) is 108 Å². The van der Waals surface area contributed by atoms with Crippen molar-refractivity contribution < 1.29 is 24.2 Å². The van der Waals surface area contributed by atoms with Crippen LogP contribution in [-0.4, -0.2) is 71.7 Å². The van der Waals surface area contributed by atoms with Gasteiger partial charge < -0.3 is 25.4 Å². The third kappa shape index (κ3) is 3.89. The summed E-state index contributed by atoms with van der Waals surface area (Å²) in [6.07, 6.45) is 5.17. The first-order valence-corrected chi connectivity index (χ1v) is 11.2. The molecule has 3 heterocycles. The molecule has 3 aliphatic rings. The molecule has 8 heteroatoms. The van der Waals surface area contributed by atoms with Crippen LogP contribution in [0.25, 0.3) is 0 Å². The normalized spacial score (nSPS) is 32.5. The molecule has 3 saturated heterocycles. The Morgan fingerprint density at radius 1 is 1.14 bits per heavy atom. The van der Waals surface area contributed by atoms with Crippen LogP contribution in [0, 0.1) is 11.8 Å². The molecular weight excluding hydrogens is 374 g/mol. The van der Waals surface area contributed by atoms with Crippen LogP contribution in [0.5, 0.6) is 0 Å². The number of hydrogen-bond acceptors (Lipinski definition) is 5. The largest absolute Gasteiger partial charge is 0.396 e. The van der Waals surface area contributed by atoms with Gasteiger partial charge in [0.15, 0.2) is 0 Å². The average Bonchev–Trinajstić information content (AvgIpc) is 3.35. The molecule has 2 unspecified atom stereocenters. The molecular formula is C21H35N3O5. The third-order valence-electron chi connectivity index (χ3n) is 6.54. The van der Waals surface area contributed by atoms with Crippen molar-refractivity contribution in [3.05, 3.63) is 0 Å². The fourth-order valence-electron chi connectivity index (χ4n) is 5.28. The lowest BCUT2D eigenvalue weighted by atomic mass is 9.70. The van der Waals surface area contributed by atoms with Crippen molar-refractivity contribution in [2.45, 2.75) is 76.5 Å². The molecule has 3 aliphatic heterocycles. The van der Waals surface area contributed by atoms with Crippen molar-refractivity contribution in [2.24, 2.45) is 11.8 Å². The van der Waals surface area contributed by atoms with Crippen LogP contribution < -0.4 is 10.6 Å². The number of carbonyl (C=O) groups is 3. The van der Waals surface area contributed by atoms with Gasteiger partial charge in [0.1, 0.15) is 11.6 Å². The zero-order valence-electron chi connectivity index (χ0n) is 17.6. The molecule has 8 nitrogen and oxygen atoms in total. The summed E-state index contributed by atoms with van der Waals surface area (Å²) < 4.78 is 6.29. The van der Waals surface area contributed by atoms with E-state index in [1.807, 2.05) is 6.92 Å². The lowest BCUT2D eigenvalue weighted by Crippen LogP contribution is -2.55. The van der Waals surface area contributed by atoms with Crippen molar-refractivity contribution >= 4 is 17.7 Å². The Morgan fingerprint density at radius 3 is 2.59 bits per heavy atom. The van der Waals surface area contributed by atoms with Crippen LogP contribution in [0.3, 0.4) is 0 Å². The zero-order chi connectivity index (χ0) is 21.0. The first-order valence-electron chi connectivity index (χ1n) is 11.2. The Kier molecular flexibility index (Phi) is 7.16. The van der Waals surface area contributed by atoms with E-state index in [1.54, 1.807) is 4.90 Å². The molecule has 2 bridgehead atoms. The SMILES string of the molecule is CCCCCNC(=O)C1N(CCCO)C(=O)[C@@H]2[C@@H](C(=O)NCCC)[C@H]3CCC12O3. The minimum atomic E-state index is -0.930. The zero-order valence-corrected chi connectivity index (χ0v) is 17.6. The molecule has 164 valence electrons. The van der Waals surface area contributed by atoms with Crippen LogP contribution in [0.15, 0.2) is 0 Å². The molecule has 3 rings (SSSR count). The summed E-state index contributed by atoms with van der Waals surface area (Å²) in [7, 11) is 0. The number of ether oxygens (including phenoxy) is 1. The summed E-state index contributed by atoms with van der Waals surface area (Å²) in [5.41, 5.74) is -0.930. The van der Waals surface area contributed by atoms with Gasteiger partial charge in [-0.15, -0.1) is 0 Å². The number of carbonyl (C=O) groups excluding carboxylic acids is 3. The van der Waals surface area contributed by atoms with Crippen LogP contribution in [0.2, 0.25) is 0 Å². The maximum absolute atomic E-state index is 13.4. The molecule has 3 N–H and O–H groups in total. The molecule has 3 amide bonds. The van der Waals surface area contributed by atoms with Crippen LogP contribution in [0.4, 0.5) is 0 Å². The predicted molar refractivity (Wildman–Crippen MR) is 107 cm³/mol. The van der Waals surface area contributed by atoms with Crippen molar-refractivity contribution in [3.63, 3.8) is 0 Å². The maximum atomic E-state index is 13.4. The van der Waals surface area contributed by atoms with Crippen molar-refractivity contribution in [3.8, 4) is 0 Å². The summed E-state index contributed by atoms with van der Waals surface area (Å²) in [6, 6.07) is -0.734.